The van der Waals surface area contributed by atoms with Crippen LogP contribution >= 0.6 is 11.6 Å². The number of rotatable bonds is 4. The number of likely N-dealkylation sites (tertiary alicyclic amines) is 1. The van der Waals surface area contributed by atoms with Crippen LogP contribution in [0.4, 0.5) is 0 Å². The monoisotopic (exact) mass is 374 g/mol. The fourth-order valence-electron chi connectivity index (χ4n) is 2.63. The number of halogens is 1. The zero-order valence-corrected chi connectivity index (χ0v) is 15.0. The van der Waals surface area contributed by atoms with E-state index in [0.29, 0.717) is 42.3 Å². The van der Waals surface area contributed by atoms with Gasteiger partial charge in [0.2, 0.25) is 15.9 Å². The molecule has 0 unspecified atom stereocenters. The molecule has 7 nitrogen and oxygen atoms in total. The van der Waals surface area contributed by atoms with E-state index in [9.17, 15) is 18.0 Å². The van der Waals surface area contributed by atoms with Gasteiger partial charge >= 0.3 is 0 Å². The van der Waals surface area contributed by atoms with Gasteiger partial charge in [-0.3, -0.25) is 14.3 Å². The van der Waals surface area contributed by atoms with Gasteiger partial charge in [0.15, 0.2) is 0 Å². The lowest BCUT2D eigenvalue weighted by Gasteiger charge is -2.31. The van der Waals surface area contributed by atoms with Crippen molar-refractivity contribution in [1.29, 1.82) is 0 Å². The van der Waals surface area contributed by atoms with E-state index in [2.05, 4.69) is 0 Å². The van der Waals surface area contributed by atoms with Gasteiger partial charge in [-0.15, -0.1) is 0 Å². The molecule has 0 radical (unpaired) electrons. The van der Waals surface area contributed by atoms with Crippen LogP contribution in [0, 0.1) is 5.92 Å². The molecule has 0 atom stereocenters. The Labute approximate surface area is 146 Å². The Balaban J connectivity index is 2.03. The molecule has 1 aliphatic rings. The summed E-state index contributed by atoms with van der Waals surface area (Å²) in [7, 11) is -2.10. The normalized spacial score (nSPS) is 15.9. The summed E-state index contributed by atoms with van der Waals surface area (Å²) in [6, 6.07) is 4.81. The second-order valence-corrected chi connectivity index (χ2v) is 7.83. The van der Waals surface area contributed by atoms with Gasteiger partial charge in [-0.25, -0.2) is 8.42 Å². The summed E-state index contributed by atoms with van der Waals surface area (Å²) in [4.78, 5) is 26.1. The molecule has 1 N–H and O–H groups in total. The zero-order chi connectivity index (χ0) is 17.9. The fourth-order valence-corrected chi connectivity index (χ4v) is 3.33. The first-order chi connectivity index (χ1) is 11.2. The average molecular weight is 375 g/mol. The summed E-state index contributed by atoms with van der Waals surface area (Å²) in [6.07, 6.45) is 1.74. The maximum absolute atomic E-state index is 12.6. The minimum Gasteiger partial charge on any atom is -0.496 e. The average Bonchev–Trinajstić information content (AvgIpc) is 2.52. The molecule has 1 fully saturated rings. The smallest absolute Gasteiger partial charge is 0.257 e. The fraction of sp³-hybridized carbons (Fsp3) is 0.467. The molecular formula is C15H19ClN2O5S. The van der Waals surface area contributed by atoms with Gasteiger partial charge in [0.25, 0.3) is 5.91 Å². The molecule has 132 valence electrons. The van der Waals surface area contributed by atoms with Crippen molar-refractivity contribution >= 4 is 33.4 Å². The van der Waals surface area contributed by atoms with E-state index in [-0.39, 0.29) is 5.91 Å². The number of carbonyl (C=O) groups excluding carboxylic acids is 2. The van der Waals surface area contributed by atoms with Crippen LogP contribution in [0.5, 0.6) is 5.75 Å². The molecule has 1 saturated heterocycles. The van der Waals surface area contributed by atoms with Crippen molar-refractivity contribution in [3.8, 4) is 5.75 Å². The minimum atomic E-state index is -3.57. The molecule has 1 heterocycles. The standard InChI is InChI=1S/C15H19ClN2O5S/c1-23-13-4-3-11(16)9-12(13)15(20)18-7-5-10(6-8-18)14(19)17-24(2,21)22/h3-4,9-10H,5-8H2,1-2H3,(H,17,19). The molecule has 0 aliphatic carbocycles. The third-order valence-corrected chi connectivity index (χ3v) is 4.64. The summed E-state index contributed by atoms with van der Waals surface area (Å²) >= 11 is 5.95. The summed E-state index contributed by atoms with van der Waals surface area (Å²) in [5, 5.41) is 0.432. The highest BCUT2D eigenvalue weighted by molar-refractivity contribution is 7.89. The van der Waals surface area contributed by atoms with Crippen molar-refractivity contribution in [2.24, 2.45) is 5.92 Å². The van der Waals surface area contributed by atoms with Gasteiger partial charge in [-0.1, -0.05) is 11.6 Å². The Kier molecular flexibility index (Phi) is 5.71. The number of methoxy groups -OCH3 is 1. The van der Waals surface area contributed by atoms with Crippen LogP contribution in [0.25, 0.3) is 0 Å². The number of amides is 2. The maximum atomic E-state index is 12.6. The Morgan fingerprint density at radius 1 is 1.29 bits per heavy atom. The van der Waals surface area contributed by atoms with Crippen LogP contribution in [0.3, 0.4) is 0 Å². The van der Waals surface area contributed by atoms with E-state index in [4.69, 9.17) is 16.3 Å². The van der Waals surface area contributed by atoms with Gasteiger partial charge in [0.1, 0.15) is 5.75 Å². The zero-order valence-electron chi connectivity index (χ0n) is 13.4. The van der Waals surface area contributed by atoms with Gasteiger partial charge in [-0.05, 0) is 31.0 Å². The van der Waals surface area contributed by atoms with Crippen LogP contribution in [0.15, 0.2) is 18.2 Å². The van der Waals surface area contributed by atoms with Crippen LogP contribution in [0.1, 0.15) is 23.2 Å². The molecule has 0 saturated carbocycles. The van der Waals surface area contributed by atoms with Crippen molar-refractivity contribution in [3.63, 3.8) is 0 Å². The maximum Gasteiger partial charge on any atom is 0.257 e. The van der Waals surface area contributed by atoms with E-state index in [1.54, 1.807) is 23.1 Å². The molecule has 2 amide bonds. The van der Waals surface area contributed by atoms with E-state index in [1.165, 1.54) is 7.11 Å². The number of nitrogens with one attached hydrogen (secondary N) is 1. The Hall–Kier alpha value is -1.80. The number of hydrogen-bond donors (Lipinski definition) is 1. The molecule has 24 heavy (non-hydrogen) atoms. The SMILES string of the molecule is COc1ccc(Cl)cc1C(=O)N1CCC(C(=O)NS(C)(=O)=O)CC1. The first kappa shape index (κ1) is 18.5. The molecule has 1 aliphatic heterocycles. The topological polar surface area (TPSA) is 92.8 Å². The number of ether oxygens (including phenoxy) is 1. The van der Waals surface area contributed by atoms with Crippen molar-refractivity contribution < 1.29 is 22.7 Å². The molecule has 9 heteroatoms. The Morgan fingerprint density at radius 3 is 2.46 bits per heavy atom. The highest BCUT2D eigenvalue weighted by Crippen LogP contribution is 2.26. The summed E-state index contributed by atoms with van der Waals surface area (Å²) in [6.45, 7) is 0.715. The third-order valence-electron chi connectivity index (χ3n) is 3.83. The highest BCUT2D eigenvalue weighted by Gasteiger charge is 2.30. The molecule has 1 aromatic carbocycles. The van der Waals surface area contributed by atoms with Crippen molar-refractivity contribution in [3.05, 3.63) is 28.8 Å². The molecular weight excluding hydrogens is 356 g/mol. The minimum absolute atomic E-state index is 0.226. The number of hydrogen-bond acceptors (Lipinski definition) is 5. The highest BCUT2D eigenvalue weighted by atomic mass is 35.5. The number of nitrogens with zero attached hydrogens (tertiary/aromatic N) is 1. The summed E-state index contributed by atoms with van der Waals surface area (Å²) in [5.74, 6) is -0.743. The number of piperidine rings is 1. The Morgan fingerprint density at radius 2 is 1.92 bits per heavy atom. The van der Waals surface area contributed by atoms with Crippen LogP contribution in [-0.4, -0.2) is 51.6 Å². The van der Waals surface area contributed by atoms with Gasteiger partial charge in [0, 0.05) is 24.0 Å². The number of benzene rings is 1. The molecule has 2 rings (SSSR count). The van der Waals surface area contributed by atoms with Crippen molar-refractivity contribution in [2.45, 2.75) is 12.8 Å². The van der Waals surface area contributed by atoms with E-state index >= 15 is 0 Å². The predicted molar refractivity (Wildman–Crippen MR) is 89.6 cm³/mol. The van der Waals surface area contributed by atoms with E-state index < -0.39 is 21.8 Å². The second-order valence-electron chi connectivity index (χ2n) is 5.65. The van der Waals surface area contributed by atoms with Gasteiger partial charge < -0.3 is 9.64 Å². The lowest BCUT2D eigenvalue weighted by atomic mass is 9.96. The lowest BCUT2D eigenvalue weighted by Crippen LogP contribution is -2.44. The molecule has 1 aromatic rings. The molecule has 0 bridgehead atoms. The largest absolute Gasteiger partial charge is 0.496 e. The number of sulfonamides is 1. The van der Waals surface area contributed by atoms with Gasteiger partial charge in [0.05, 0.1) is 18.9 Å². The van der Waals surface area contributed by atoms with E-state index in [0.717, 1.165) is 6.26 Å². The molecule has 0 aromatic heterocycles. The summed E-state index contributed by atoms with van der Waals surface area (Å²) < 4.78 is 29.4. The van der Waals surface area contributed by atoms with Crippen LogP contribution in [0.2, 0.25) is 5.02 Å². The first-order valence-electron chi connectivity index (χ1n) is 7.35. The van der Waals surface area contributed by atoms with Crippen LogP contribution in [-0.2, 0) is 14.8 Å². The third kappa shape index (κ3) is 4.61. The molecule has 0 spiro atoms. The van der Waals surface area contributed by atoms with Crippen molar-refractivity contribution in [2.75, 3.05) is 26.5 Å². The second kappa shape index (κ2) is 7.40. The van der Waals surface area contributed by atoms with Gasteiger partial charge in [-0.2, -0.15) is 0 Å². The quantitative estimate of drug-likeness (QED) is 0.856. The number of carbonyl (C=O) groups is 2. The van der Waals surface area contributed by atoms with E-state index in [1.807, 2.05) is 4.72 Å². The van der Waals surface area contributed by atoms with Crippen LogP contribution < -0.4 is 9.46 Å². The predicted octanol–water partition coefficient (Wildman–Crippen LogP) is 1.28. The van der Waals surface area contributed by atoms with Crippen molar-refractivity contribution in [1.82, 2.24) is 9.62 Å². The summed E-state index contributed by atoms with van der Waals surface area (Å²) in [5.41, 5.74) is 0.365. The Bertz CT molecular complexity index is 742. The lowest BCUT2D eigenvalue weighted by molar-refractivity contribution is -0.124. The first-order valence-corrected chi connectivity index (χ1v) is 9.62.